The van der Waals surface area contributed by atoms with E-state index in [1.165, 1.54) is 30.4 Å². The van der Waals surface area contributed by atoms with Crippen LogP contribution in [-0.4, -0.2) is 21.4 Å². The average Bonchev–Trinajstić information content (AvgIpc) is 2.77. The molecule has 0 aromatic heterocycles. The predicted octanol–water partition coefficient (Wildman–Crippen LogP) is 5.04. The summed E-state index contributed by atoms with van der Waals surface area (Å²) in [6.45, 7) is 0. The Morgan fingerprint density at radius 2 is 1.75 bits per heavy atom. The molecule has 6 heteroatoms. The molecule has 1 fully saturated rings. The Kier molecular flexibility index (Phi) is 5.41. The van der Waals surface area contributed by atoms with Crippen LogP contribution in [0.1, 0.15) is 60.6 Å². The van der Waals surface area contributed by atoms with Crippen LogP contribution in [0, 0.1) is 0 Å². The van der Waals surface area contributed by atoms with Gasteiger partial charge in [-0.15, -0.1) is 0 Å². The number of nitrogens with one attached hydrogen (secondary N) is 1. The minimum Gasteiger partial charge on any atom is -0.496 e. The zero-order valence-electron chi connectivity index (χ0n) is 18.1. The van der Waals surface area contributed by atoms with Crippen molar-refractivity contribution in [2.24, 2.45) is 0 Å². The number of hydrogen-bond acceptors (Lipinski definition) is 4. The molecule has 5 nitrogen and oxygen atoms in total. The van der Waals surface area contributed by atoms with Crippen molar-refractivity contribution in [3.8, 4) is 5.75 Å². The van der Waals surface area contributed by atoms with E-state index in [9.17, 15) is 13.2 Å². The predicted molar refractivity (Wildman–Crippen MR) is 125 cm³/mol. The van der Waals surface area contributed by atoms with Gasteiger partial charge in [0.1, 0.15) is 5.75 Å². The molecule has 2 aliphatic rings. The van der Waals surface area contributed by atoms with Crippen molar-refractivity contribution in [3.05, 3.63) is 71.3 Å². The zero-order chi connectivity index (χ0) is 22.3. The monoisotopic (exact) mass is 449 g/mol. The maximum Gasteiger partial charge on any atom is 0.264 e. The van der Waals surface area contributed by atoms with E-state index in [1.807, 2.05) is 24.3 Å². The molecule has 0 heterocycles. The van der Waals surface area contributed by atoms with Gasteiger partial charge in [0.05, 0.1) is 17.9 Å². The third kappa shape index (κ3) is 3.56. The molecule has 32 heavy (non-hydrogen) atoms. The van der Waals surface area contributed by atoms with Gasteiger partial charge in [-0.1, -0.05) is 48.9 Å². The maximum atomic E-state index is 13.4. The molecule has 1 saturated carbocycles. The Morgan fingerprint density at radius 3 is 2.50 bits per heavy atom. The average molecular weight is 450 g/mol. The minimum atomic E-state index is -4.02. The van der Waals surface area contributed by atoms with Crippen molar-refractivity contribution in [2.75, 3.05) is 7.11 Å². The van der Waals surface area contributed by atoms with Crippen molar-refractivity contribution >= 4 is 26.7 Å². The lowest BCUT2D eigenvalue weighted by molar-refractivity contribution is -0.121. The number of methoxy groups -OCH3 is 1. The highest BCUT2D eigenvalue weighted by atomic mass is 32.2. The SMILES string of the molecule is COc1ccc(C2CCC2)c2c1C(C(=O)NS(=O)(=O)c1cccc3ccccc13)CCC2. The summed E-state index contributed by atoms with van der Waals surface area (Å²) in [7, 11) is -2.41. The van der Waals surface area contributed by atoms with Gasteiger partial charge in [0.15, 0.2) is 0 Å². The van der Waals surface area contributed by atoms with Gasteiger partial charge < -0.3 is 4.74 Å². The van der Waals surface area contributed by atoms with Crippen LogP contribution in [0.25, 0.3) is 10.8 Å². The Hall–Kier alpha value is -2.86. The van der Waals surface area contributed by atoms with E-state index < -0.39 is 21.8 Å². The number of rotatable bonds is 5. The van der Waals surface area contributed by atoms with E-state index in [1.54, 1.807) is 31.4 Å². The third-order valence-corrected chi connectivity index (χ3v) is 8.38. The summed E-state index contributed by atoms with van der Waals surface area (Å²) in [5.74, 6) is 0.183. The van der Waals surface area contributed by atoms with Crippen LogP contribution in [0.15, 0.2) is 59.5 Å². The summed E-state index contributed by atoms with van der Waals surface area (Å²) in [6, 6.07) is 16.5. The second-order valence-electron chi connectivity index (χ2n) is 8.77. The smallest absolute Gasteiger partial charge is 0.264 e. The number of ether oxygens (including phenoxy) is 1. The number of benzene rings is 3. The Morgan fingerprint density at radius 1 is 0.969 bits per heavy atom. The van der Waals surface area contributed by atoms with Gasteiger partial charge in [-0.05, 0) is 66.7 Å². The molecule has 1 unspecified atom stereocenters. The molecule has 0 aliphatic heterocycles. The lowest BCUT2D eigenvalue weighted by Gasteiger charge is -2.33. The molecule has 0 spiro atoms. The highest BCUT2D eigenvalue weighted by Crippen LogP contribution is 2.46. The van der Waals surface area contributed by atoms with E-state index in [4.69, 9.17) is 4.74 Å². The summed E-state index contributed by atoms with van der Waals surface area (Å²) in [6.07, 6.45) is 5.94. The third-order valence-electron chi connectivity index (χ3n) is 6.98. The number of carbonyl (C=O) groups is 1. The summed E-state index contributed by atoms with van der Waals surface area (Å²) >= 11 is 0. The van der Waals surface area contributed by atoms with Crippen LogP contribution in [-0.2, 0) is 21.2 Å². The normalized spacial score (nSPS) is 18.6. The number of amides is 1. The molecule has 0 bridgehead atoms. The summed E-state index contributed by atoms with van der Waals surface area (Å²) in [5.41, 5.74) is 3.36. The van der Waals surface area contributed by atoms with Crippen LogP contribution in [0.2, 0.25) is 0 Å². The van der Waals surface area contributed by atoms with Crippen molar-refractivity contribution in [1.29, 1.82) is 0 Å². The molecule has 2 aliphatic carbocycles. The molecule has 1 amide bonds. The zero-order valence-corrected chi connectivity index (χ0v) is 19.0. The van der Waals surface area contributed by atoms with Gasteiger partial charge in [-0.2, -0.15) is 0 Å². The van der Waals surface area contributed by atoms with Crippen LogP contribution in [0.4, 0.5) is 0 Å². The van der Waals surface area contributed by atoms with Crippen LogP contribution in [0.5, 0.6) is 5.75 Å². The van der Waals surface area contributed by atoms with E-state index >= 15 is 0 Å². The first-order chi connectivity index (χ1) is 15.5. The first-order valence-corrected chi connectivity index (χ1v) is 12.7. The Bertz CT molecular complexity index is 1290. The minimum absolute atomic E-state index is 0.121. The topological polar surface area (TPSA) is 72.5 Å². The second-order valence-corrected chi connectivity index (χ2v) is 10.4. The molecular weight excluding hydrogens is 422 g/mol. The molecule has 0 saturated heterocycles. The summed E-state index contributed by atoms with van der Waals surface area (Å²) < 4.78 is 34.5. The summed E-state index contributed by atoms with van der Waals surface area (Å²) in [5, 5.41) is 1.42. The molecular formula is C26H27NO4S. The van der Waals surface area contributed by atoms with Crippen molar-refractivity contribution < 1.29 is 17.9 Å². The van der Waals surface area contributed by atoms with Crippen molar-refractivity contribution in [3.63, 3.8) is 0 Å². The van der Waals surface area contributed by atoms with Gasteiger partial charge in [-0.3, -0.25) is 4.79 Å². The second kappa shape index (κ2) is 8.24. The molecule has 166 valence electrons. The largest absolute Gasteiger partial charge is 0.496 e. The van der Waals surface area contributed by atoms with E-state index in [-0.39, 0.29) is 4.90 Å². The van der Waals surface area contributed by atoms with Crippen LogP contribution < -0.4 is 9.46 Å². The number of sulfonamides is 1. The molecule has 0 radical (unpaired) electrons. The highest BCUT2D eigenvalue weighted by Gasteiger charge is 2.35. The maximum absolute atomic E-state index is 13.4. The van der Waals surface area contributed by atoms with Gasteiger partial charge in [-0.25, -0.2) is 13.1 Å². The number of hydrogen-bond donors (Lipinski definition) is 1. The van der Waals surface area contributed by atoms with E-state index in [0.29, 0.717) is 23.5 Å². The molecule has 5 rings (SSSR count). The molecule has 3 aromatic rings. The van der Waals surface area contributed by atoms with Gasteiger partial charge in [0.2, 0.25) is 5.91 Å². The number of fused-ring (bicyclic) bond motifs is 2. The van der Waals surface area contributed by atoms with Crippen molar-refractivity contribution in [1.82, 2.24) is 4.72 Å². The van der Waals surface area contributed by atoms with Gasteiger partial charge in [0, 0.05) is 10.9 Å². The van der Waals surface area contributed by atoms with Crippen molar-refractivity contribution in [2.45, 2.75) is 55.3 Å². The first-order valence-electron chi connectivity index (χ1n) is 11.2. The van der Waals surface area contributed by atoms with E-state index in [2.05, 4.69) is 10.8 Å². The van der Waals surface area contributed by atoms with Crippen LogP contribution >= 0.6 is 0 Å². The molecule has 1 atom stereocenters. The van der Waals surface area contributed by atoms with E-state index in [0.717, 1.165) is 23.8 Å². The lowest BCUT2D eigenvalue weighted by atomic mass is 9.72. The fourth-order valence-corrected chi connectivity index (χ4v) is 6.43. The fraction of sp³-hybridized carbons (Fsp3) is 0.346. The van der Waals surface area contributed by atoms with Gasteiger partial charge >= 0.3 is 0 Å². The standard InChI is InChI=1S/C26H27NO4S/c1-31-23-16-15-19(17-8-4-9-17)21-12-6-13-22(25(21)23)26(28)27-32(29,30)24-14-5-10-18-7-2-3-11-20(18)24/h2-3,5,7,10-11,14-17,22H,4,6,8-9,12-13H2,1H3,(H,27,28). The van der Waals surface area contributed by atoms with Crippen LogP contribution in [0.3, 0.4) is 0 Å². The molecule has 3 aromatic carbocycles. The lowest BCUT2D eigenvalue weighted by Crippen LogP contribution is -2.36. The summed E-state index contributed by atoms with van der Waals surface area (Å²) in [4.78, 5) is 13.5. The fourth-order valence-electron chi connectivity index (χ4n) is 5.18. The highest BCUT2D eigenvalue weighted by molar-refractivity contribution is 7.90. The number of carbonyl (C=O) groups excluding carboxylic acids is 1. The first kappa shape index (κ1) is 21.0. The Balaban J connectivity index is 1.51. The Labute approximate surface area is 188 Å². The quantitative estimate of drug-likeness (QED) is 0.592. The van der Waals surface area contributed by atoms with Gasteiger partial charge in [0.25, 0.3) is 10.0 Å². The molecule has 1 N–H and O–H groups in total.